The summed E-state index contributed by atoms with van der Waals surface area (Å²) in [7, 11) is 0. The van der Waals surface area contributed by atoms with E-state index in [1.54, 1.807) is 0 Å². The number of hydrogen-bond acceptors (Lipinski definition) is 2. The Hall–Kier alpha value is -1.44. The van der Waals surface area contributed by atoms with E-state index in [1.165, 1.54) is 57.2 Å². The lowest BCUT2D eigenvalue weighted by molar-refractivity contribution is 0.148. The van der Waals surface area contributed by atoms with Gasteiger partial charge in [0.1, 0.15) is 6.17 Å². The van der Waals surface area contributed by atoms with Crippen LogP contribution in [0.3, 0.4) is 0 Å². The van der Waals surface area contributed by atoms with Crippen LogP contribution in [-0.4, -0.2) is 29.1 Å². The lowest BCUT2D eigenvalue weighted by Gasteiger charge is -2.33. The molecule has 0 amide bonds. The minimum absolute atomic E-state index is 0.510. The van der Waals surface area contributed by atoms with Crippen molar-refractivity contribution >= 4 is 0 Å². The zero-order valence-electron chi connectivity index (χ0n) is 14.4. The summed E-state index contributed by atoms with van der Waals surface area (Å²) >= 11 is 0. The van der Waals surface area contributed by atoms with E-state index in [9.17, 15) is 0 Å². The Morgan fingerprint density at radius 1 is 0.773 bits per heavy atom. The van der Waals surface area contributed by atoms with Crippen LogP contribution in [0.1, 0.15) is 57.9 Å². The molecule has 2 nitrogen and oxygen atoms in total. The second-order valence-electron chi connectivity index (χ2n) is 6.36. The smallest absolute Gasteiger partial charge is 0.105 e. The quantitative estimate of drug-likeness (QED) is 0.559. The molecular weight excluding hydrogens is 268 g/mol. The van der Waals surface area contributed by atoms with Gasteiger partial charge in [0.2, 0.25) is 0 Å². The molecule has 2 rings (SSSR count). The first kappa shape index (κ1) is 16.9. The van der Waals surface area contributed by atoms with Gasteiger partial charge in [-0.1, -0.05) is 69.9 Å². The van der Waals surface area contributed by atoms with Crippen LogP contribution in [0.25, 0.3) is 0 Å². The SMILES string of the molecule is CCCCCN1C=CN(CCCCC)C1Cc1ccccc1. The third-order valence-corrected chi connectivity index (χ3v) is 4.52. The first-order valence-electron chi connectivity index (χ1n) is 9.09. The van der Waals surface area contributed by atoms with Gasteiger partial charge in [-0.25, -0.2) is 0 Å². The maximum atomic E-state index is 2.55. The molecule has 1 aromatic carbocycles. The Labute approximate surface area is 136 Å². The van der Waals surface area contributed by atoms with Crippen LogP contribution in [0.5, 0.6) is 0 Å². The highest BCUT2D eigenvalue weighted by Crippen LogP contribution is 2.21. The summed E-state index contributed by atoms with van der Waals surface area (Å²) in [4.78, 5) is 5.10. The average Bonchev–Trinajstić information content (AvgIpc) is 2.91. The maximum Gasteiger partial charge on any atom is 0.105 e. The van der Waals surface area contributed by atoms with Crippen molar-refractivity contribution in [3.8, 4) is 0 Å². The average molecular weight is 300 g/mol. The van der Waals surface area contributed by atoms with E-state index >= 15 is 0 Å². The van der Waals surface area contributed by atoms with Crippen molar-refractivity contribution in [3.63, 3.8) is 0 Å². The number of nitrogens with zero attached hydrogens (tertiary/aromatic N) is 2. The molecule has 0 unspecified atom stereocenters. The van der Waals surface area contributed by atoms with Crippen molar-refractivity contribution < 1.29 is 0 Å². The molecule has 2 heteroatoms. The van der Waals surface area contributed by atoms with Crippen LogP contribution in [-0.2, 0) is 6.42 Å². The predicted molar refractivity (Wildman–Crippen MR) is 95.5 cm³/mol. The monoisotopic (exact) mass is 300 g/mol. The summed E-state index contributed by atoms with van der Waals surface area (Å²) in [5, 5.41) is 0. The second-order valence-corrected chi connectivity index (χ2v) is 6.36. The fraction of sp³-hybridized carbons (Fsp3) is 0.600. The van der Waals surface area contributed by atoms with Gasteiger partial charge in [0.25, 0.3) is 0 Å². The van der Waals surface area contributed by atoms with E-state index < -0.39 is 0 Å². The van der Waals surface area contributed by atoms with Gasteiger partial charge in [0.15, 0.2) is 0 Å². The fourth-order valence-corrected chi connectivity index (χ4v) is 3.16. The standard InChI is InChI=1S/C20H32N2/c1-3-5-10-14-21-16-17-22(15-11-6-4-2)20(21)18-19-12-8-7-9-13-19/h7-9,12-13,16-17,20H,3-6,10-11,14-15,18H2,1-2H3. The van der Waals surface area contributed by atoms with Crippen LogP contribution in [0.2, 0.25) is 0 Å². The highest BCUT2D eigenvalue weighted by Gasteiger charge is 2.25. The van der Waals surface area contributed by atoms with Gasteiger partial charge in [0, 0.05) is 31.9 Å². The first-order chi connectivity index (χ1) is 10.8. The molecule has 0 saturated heterocycles. The van der Waals surface area contributed by atoms with E-state index in [1.807, 2.05) is 0 Å². The van der Waals surface area contributed by atoms with Crippen molar-refractivity contribution in [3.05, 3.63) is 48.3 Å². The molecule has 0 atom stereocenters. The lowest BCUT2D eigenvalue weighted by Crippen LogP contribution is -2.41. The van der Waals surface area contributed by atoms with Crippen LogP contribution in [0, 0.1) is 0 Å². The van der Waals surface area contributed by atoms with E-state index in [0.29, 0.717) is 6.17 Å². The Balaban J connectivity index is 1.95. The summed E-state index contributed by atoms with van der Waals surface area (Å²) < 4.78 is 0. The molecule has 1 aromatic rings. The molecule has 0 saturated carbocycles. The summed E-state index contributed by atoms with van der Waals surface area (Å²) in [6.07, 6.45) is 14.1. The van der Waals surface area contributed by atoms with Crippen molar-refractivity contribution in [2.75, 3.05) is 13.1 Å². The van der Waals surface area contributed by atoms with Crippen molar-refractivity contribution in [1.29, 1.82) is 0 Å². The molecule has 0 N–H and O–H groups in total. The molecule has 0 spiro atoms. The minimum atomic E-state index is 0.510. The third kappa shape index (κ3) is 5.08. The molecule has 0 radical (unpaired) electrons. The molecule has 22 heavy (non-hydrogen) atoms. The highest BCUT2D eigenvalue weighted by molar-refractivity contribution is 5.17. The first-order valence-corrected chi connectivity index (χ1v) is 9.09. The zero-order valence-corrected chi connectivity index (χ0v) is 14.4. The predicted octanol–water partition coefficient (Wildman–Crippen LogP) is 5.02. The third-order valence-electron chi connectivity index (χ3n) is 4.52. The van der Waals surface area contributed by atoms with Gasteiger partial charge in [-0.3, -0.25) is 0 Å². The summed E-state index contributed by atoms with van der Waals surface area (Å²) in [6.45, 7) is 6.93. The van der Waals surface area contributed by atoms with E-state index in [0.717, 1.165) is 6.42 Å². The van der Waals surface area contributed by atoms with E-state index in [4.69, 9.17) is 0 Å². The van der Waals surface area contributed by atoms with E-state index in [2.05, 4.69) is 66.4 Å². The second kappa shape index (κ2) is 9.55. The molecule has 1 aliphatic rings. The van der Waals surface area contributed by atoms with Crippen molar-refractivity contribution in [1.82, 2.24) is 9.80 Å². The number of hydrogen-bond donors (Lipinski definition) is 0. The Bertz CT molecular complexity index is 407. The van der Waals surface area contributed by atoms with Gasteiger partial charge in [0.05, 0.1) is 0 Å². The maximum absolute atomic E-state index is 2.55. The van der Waals surface area contributed by atoms with Crippen LogP contribution in [0.15, 0.2) is 42.7 Å². The molecule has 0 fully saturated rings. The molecule has 1 aliphatic heterocycles. The number of benzene rings is 1. The minimum Gasteiger partial charge on any atom is -0.356 e. The molecule has 122 valence electrons. The normalized spacial score (nSPS) is 15.0. The summed E-state index contributed by atoms with van der Waals surface area (Å²) in [6, 6.07) is 10.9. The largest absolute Gasteiger partial charge is 0.356 e. The molecule has 0 aromatic heterocycles. The Kier molecular flexibility index (Phi) is 7.35. The highest BCUT2D eigenvalue weighted by atomic mass is 15.4. The lowest BCUT2D eigenvalue weighted by atomic mass is 10.1. The van der Waals surface area contributed by atoms with Crippen LogP contribution >= 0.6 is 0 Å². The summed E-state index contributed by atoms with van der Waals surface area (Å²) in [5.41, 5.74) is 1.44. The molecular formula is C20H32N2. The van der Waals surface area contributed by atoms with Crippen molar-refractivity contribution in [2.45, 2.75) is 65.0 Å². The topological polar surface area (TPSA) is 6.48 Å². The van der Waals surface area contributed by atoms with Gasteiger partial charge < -0.3 is 9.80 Å². The molecule has 0 bridgehead atoms. The van der Waals surface area contributed by atoms with Gasteiger partial charge >= 0.3 is 0 Å². The molecule has 0 aliphatic carbocycles. The Morgan fingerprint density at radius 2 is 1.32 bits per heavy atom. The van der Waals surface area contributed by atoms with Crippen molar-refractivity contribution in [2.24, 2.45) is 0 Å². The Morgan fingerprint density at radius 3 is 1.82 bits per heavy atom. The van der Waals surface area contributed by atoms with Gasteiger partial charge in [-0.15, -0.1) is 0 Å². The van der Waals surface area contributed by atoms with Crippen LogP contribution < -0.4 is 0 Å². The summed E-state index contributed by atoms with van der Waals surface area (Å²) in [5.74, 6) is 0. The fourth-order valence-electron chi connectivity index (χ4n) is 3.16. The van der Waals surface area contributed by atoms with Gasteiger partial charge in [-0.2, -0.15) is 0 Å². The molecule has 1 heterocycles. The van der Waals surface area contributed by atoms with E-state index in [-0.39, 0.29) is 0 Å². The number of rotatable bonds is 10. The van der Waals surface area contributed by atoms with Crippen LogP contribution in [0.4, 0.5) is 0 Å². The number of unbranched alkanes of at least 4 members (excludes halogenated alkanes) is 4. The zero-order chi connectivity index (χ0) is 15.6. The van der Waals surface area contributed by atoms with Gasteiger partial charge in [-0.05, 0) is 18.4 Å².